The molecule has 1 amide bonds. The summed E-state index contributed by atoms with van der Waals surface area (Å²) in [5.74, 6) is -1.10. The number of carboxylic acids is 1. The van der Waals surface area contributed by atoms with Gasteiger partial charge in [0.25, 0.3) is 5.91 Å². The molecule has 8 nitrogen and oxygen atoms in total. The quantitative estimate of drug-likeness (QED) is 0.671. The lowest BCUT2D eigenvalue weighted by Gasteiger charge is -2.12. The highest BCUT2D eigenvalue weighted by Crippen LogP contribution is 2.31. The van der Waals surface area contributed by atoms with Crippen molar-refractivity contribution in [3.63, 3.8) is 0 Å². The molecule has 2 heterocycles. The molecule has 0 radical (unpaired) electrons. The molecule has 9 heteroatoms. The molecule has 27 heavy (non-hydrogen) atoms. The van der Waals surface area contributed by atoms with Crippen LogP contribution < -0.4 is 14.8 Å². The number of carbonyl (C=O) groups excluding carboxylic acids is 1. The van der Waals surface area contributed by atoms with Gasteiger partial charge < -0.3 is 24.3 Å². The van der Waals surface area contributed by atoms with Crippen LogP contribution in [0.1, 0.15) is 16.1 Å². The van der Waals surface area contributed by atoms with Crippen LogP contribution in [0.2, 0.25) is 5.02 Å². The number of carboxylic acid groups (broad SMARTS) is 1. The summed E-state index contributed by atoms with van der Waals surface area (Å²) in [6, 6.07) is 6.07. The van der Waals surface area contributed by atoms with Crippen LogP contribution in [-0.2, 0) is 4.79 Å². The number of amides is 1. The van der Waals surface area contributed by atoms with E-state index in [1.807, 2.05) is 19.3 Å². The van der Waals surface area contributed by atoms with Crippen LogP contribution in [-0.4, -0.2) is 40.1 Å². The number of halogens is 1. The van der Waals surface area contributed by atoms with E-state index in [1.165, 1.54) is 19.2 Å². The molecule has 0 fully saturated rings. The number of methoxy groups -OCH3 is 1. The number of nitrogens with one attached hydrogen (secondary N) is 1. The van der Waals surface area contributed by atoms with Crippen molar-refractivity contribution < 1.29 is 24.2 Å². The maximum atomic E-state index is 12.2. The van der Waals surface area contributed by atoms with Gasteiger partial charge in [-0.25, -0.2) is 9.78 Å². The van der Waals surface area contributed by atoms with Crippen LogP contribution in [0.25, 0.3) is 5.65 Å². The minimum atomic E-state index is -1.18. The van der Waals surface area contributed by atoms with Gasteiger partial charge in [0.05, 0.1) is 23.5 Å². The lowest BCUT2D eigenvalue weighted by Crippen LogP contribution is -2.20. The highest BCUT2D eigenvalue weighted by atomic mass is 35.5. The Morgan fingerprint density at radius 2 is 2.11 bits per heavy atom. The summed E-state index contributed by atoms with van der Waals surface area (Å²) in [7, 11) is 1.33. The zero-order valence-corrected chi connectivity index (χ0v) is 15.3. The highest BCUT2D eigenvalue weighted by molar-refractivity contribution is 6.34. The van der Waals surface area contributed by atoms with Crippen molar-refractivity contribution in [1.82, 2.24) is 9.38 Å². The van der Waals surface area contributed by atoms with Crippen LogP contribution in [0.5, 0.6) is 11.5 Å². The summed E-state index contributed by atoms with van der Waals surface area (Å²) in [5, 5.41) is 11.8. The maximum Gasteiger partial charge on any atom is 0.339 e. The van der Waals surface area contributed by atoms with Crippen molar-refractivity contribution in [3.05, 3.63) is 52.9 Å². The average molecular weight is 390 g/mol. The lowest BCUT2D eigenvalue weighted by molar-refractivity contribution is -0.118. The lowest BCUT2D eigenvalue weighted by atomic mass is 10.2. The van der Waals surface area contributed by atoms with E-state index in [-0.39, 0.29) is 28.6 Å². The third-order valence-corrected chi connectivity index (χ3v) is 4.03. The number of benzene rings is 1. The molecule has 3 rings (SSSR count). The Morgan fingerprint density at radius 3 is 2.81 bits per heavy atom. The Hall–Kier alpha value is -3.26. The summed E-state index contributed by atoms with van der Waals surface area (Å²) in [5.41, 5.74) is 1.56. The predicted octanol–water partition coefficient (Wildman–Crippen LogP) is 3.02. The number of hydrogen-bond donors (Lipinski definition) is 2. The van der Waals surface area contributed by atoms with Gasteiger partial charge in [0.2, 0.25) is 0 Å². The molecule has 0 bridgehead atoms. The summed E-state index contributed by atoms with van der Waals surface area (Å²) >= 11 is 6.06. The number of aryl methyl sites for hydroxylation is 1. The van der Waals surface area contributed by atoms with Crippen molar-refractivity contribution >= 4 is 34.8 Å². The van der Waals surface area contributed by atoms with Gasteiger partial charge in [-0.3, -0.25) is 4.79 Å². The molecule has 0 aliphatic heterocycles. The van der Waals surface area contributed by atoms with Gasteiger partial charge in [-0.05, 0) is 25.1 Å². The van der Waals surface area contributed by atoms with Gasteiger partial charge in [0.1, 0.15) is 11.3 Å². The molecule has 0 atom stereocenters. The Morgan fingerprint density at radius 1 is 1.33 bits per heavy atom. The number of ether oxygens (including phenoxy) is 2. The molecule has 2 aromatic heterocycles. The standard InChI is InChI=1S/C18H16ClN3O5/c1-10-8-22-5-3-4-14(17(22)20-10)27-9-16(23)21-13-7-15(26-2)11(18(24)25)6-12(13)19/h3-8H,9H2,1-2H3,(H,21,23)(H,24,25). The Labute approximate surface area is 159 Å². The average Bonchev–Trinajstić information content (AvgIpc) is 3.01. The van der Waals surface area contributed by atoms with E-state index >= 15 is 0 Å². The second-order valence-corrected chi connectivity index (χ2v) is 6.07. The first-order valence-corrected chi connectivity index (χ1v) is 8.24. The van der Waals surface area contributed by atoms with E-state index in [0.717, 1.165) is 5.69 Å². The molecule has 0 aliphatic carbocycles. The second-order valence-electron chi connectivity index (χ2n) is 5.66. The van der Waals surface area contributed by atoms with Gasteiger partial charge in [-0.15, -0.1) is 0 Å². The number of fused-ring (bicyclic) bond motifs is 1. The summed E-state index contributed by atoms with van der Waals surface area (Å²) < 4.78 is 12.4. The number of carbonyl (C=O) groups is 2. The van der Waals surface area contributed by atoms with E-state index in [2.05, 4.69) is 10.3 Å². The number of hydrogen-bond acceptors (Lipinski definition) is 5. The first-order chi connectivity index (χ1) is 12.9. The topological polar surface area (TPSA) is 102 Å². The maximum absolute atomic E-state index is 12.2. The van der Waals surface area contributed by atoms with Gasteiger partial charge in [0, 0.05) is 18.5 Å². The fraction of sp³-hybridized carbons (Fsp3) is 0.167. The van der Waals surface area contributed by atoms with Crippen LogP contribution in [0.4, 0.5) is 5.69 Å². The molecular formula is C18H16ClN3O5. The van der Waals surface area contributed by atoms with E-state index in [1.54, 1.807) is 16.5 Å². The van der Waals surface area contributed by atoms with Crippen LogP contribution in [0, 0.1) is 6.92 Å². The second kappa shape index (κ2) is 7.55. The third kappa shape index (κ3) is 3.95. The summed E-state index contributed by atoms with van der Waals surface area (Å²) in [6.45, 7) is 1.59. The number of imidazole rings is 1. The predicted molar refractivity (Wildman–Crippen MR) is 99.0 cm³/mol. The number of rotatable bonds is 6. The third-order valence-electron chi connectivity index (χ3n) is 3.72. The van der Waals surface area contributed by atoms with Gasteiger partial charge in [-0.1, -0.05) is 11.6 Å². The van der Waals surface area contributed by atoms with Crippen molar-refractivity contribution in [2.24, 2.45) is 0 Å². The molecule has 140 valence electrons. The van der Waals surface area contributed by atoms with Gasteiger partial charge >= 0.3 is 5.97 Å². The molecule has 2 N–H and O–H groups in total. The number of aromatic carboxylic acids is 1. The molecule has 0 unspecified atom stereocenters. The number of pyridine rings is 1. The molecule has 0 saturated carbocycles. The molecular weight excluding hydrogens is 374 g/mol. The van der Waals surface area contributed by atoms with Crippen LogP contribution in [0.15, 0.2) is 36.7 Å². The highest BCUT2D eigenvalue weighted by Gasteiger charge is 2.17. The minimum absolute atomic E-state index is 0.0764. The summed E-state index contributed by atoms with van der Waals surface area (Å²) in [4.78, 5) is 27.8. The molecule has 0 aliphatic rings. The molecule has 0 spiro atoms. The number of nitrogens with zero attached hydrogens (tertiary/aromatic N) is 2. The van der Waals surface area contributed by atoms with Gasteiger partial charge in [0.15, 0.2) is 18.0 Å². The number of anilines is 1. The van der Waals surface area contributed by atoms with Gasteiger partial charge in [-0.2, -0.15) is 0 Å². The molecule has 1 aromatic carbocycles. The summed E-state index contributed by atoms with van der Waals surface area (Å²) in [6.07, 6.45) is 3.68. The Balaban J connectivity index is 1.73. The van der Waals surface area contributed by atoms with Crippen LogP contribution in [0.3, 0.4) is 0 Å². The van der Waals surface area contributed by atoms with Crippen molar-refractivity contribution in [2.75, 3.05) is 19.0 Å². The SMILES string of the molecule is COc1cc(NC(=O)COc2cccn3cc(C)nc23)c(Cl)cc1C(=O)O. The largest absolute Gasteiger partial charge is 0.496 e. The van der Waals surface area contributed by atoms with Crippen molar-refractivity contribution in [2.45, 2.75) is 6.92 Å². The normalized spacial score (nSPS) is 10.6. The van der Waals surface area contributed by atoms with Crippen molar-refractivity contribution in [1.29, 1.82) is 0 Å². The first-order valence-electron chi connectivity index (χ1n) is 7.87. The van der Waals surface area contributed by atoms with E-state index in [0.29, 0.717) is 11.4 Å². The Bertz CT molecular complexity index is 1030. The molecule has 3 aromatic rings. The van der Waals surface area contributed by atoms with E-state index in [4.69, 9.17) is 26.2 Å². The molecule has 0 saturated heterocycles. The van der Waals surface area contributed by atoms with Crippen molar-refractivity contribution in [3.8, 4) is 11.5 Å². The smallest absolute Gasteiger partial charge is 0.339 e. The fourth-order valence-electron chi connectivity index (χ4n) is 2.54. The Kier molecular flexibility index (Phi) is 5.18. The zero-order valence-electron chi connectivity index (χ0n) is 14.5. The number of aromatic nitrogens is 2. The van der Waals surface area contributed by atoms with E-state index in [9.17, 15) is 9.59 Å². The van der Waals surface area contributed by atoms with Crippen LogP contribution >= 0.6 is 11.6 Å². The zero-order chi connectivity index (χ0) is 19.6. The van der Waals surface area contributed by atoms with E-state index < -0.39 is 11.9 Å². The fourth-order valence-corrected chi connectivity index (χ4v) is 2.75. The minimum Gasteiger partial charge on any atom is -0.496 e. The monoisotopic (exact) mass is 389 g/mol. The first kappa shape index (κ1) is 18.5.